The minimum atomic E-state index is -4.55. The first-order valence-electron chi connectivity index (χ1n) is 8.25. The molecule has 3 rings (SSSR count). The number of rotatable bonds is 5. The van der Waals surface area contributed by atoms with Crippen LogP contribution in [0.4, 0.5) is 23.4 Å². The Labute approximate surface area is 152 Å². The first kappa shape index (κ1) is 19.2. The van der Waals surface area contributed by atoms with Crippen LogP contribution in [0.1, 0.15) is 34.6 Å². The van der Waals surface area contributed by atoms with Crippen LogP contribution in [0.2, 0.25) is 0 Å². The van der Waals surface area contributed by atoms with E-state index >= 15 is 0 Å². The molecule has 0 aliphatic carbocycles. The minimum absolute atomic E-state index is 0.0785. The van der Waals surface area contributed by atoms with E-state index in [2.05, 4.69) is 15.7 Å². The first-order valence-corrected chi connectivity index (χ1v) is 8.25. The predicted molar refractivity (Wildman–Crippen MR) is 88.9 cm³/mol. The molecule has 1 amide bonds. The van der Waals surface area contributed by atoms with Gasteiger partial charge >= 0.3 is 6.18 Å². The van der Waals surface area contributed by atoms with Crippen molar-refractivity contribution in [1.29, 1.82) is 0 Å². The third-order valence-electron chi connectivity index (χ3n) is 4.29. The van der Waals surface area contributed by atoms with Gasteiger partial charge in [-0.15, -0.1) is 0 Å². The maximum Gasteiger partial charge on any atom is 0.410 e. The number of carbonyl (C=O) groups excluding carboxylic acids is 1. The highest BCUT2D eigenvalue weighted by atomic mass is 19.4. The number of benzene rings is 1. The van der Waals surface area contributed by atoms with Crippen molar-refractivity contribution in [3.63, 3.8) is 0 Å². The second-order valence-electron chi connectivity index (χ2n) is 6.15. The van der Waals surface area contributed by atoms with E-state index in [9.17, 15) is 22.4 Å². The second kappa shape index (κ2) is 7.55. The van der Waals surface area contributed by atoms with E-state index in [1.807, 2.05) is 0 Å². The second-order valence-corrected chi connectivity index (χ2v) is 6.15. The molecule has 0 fully saturated rings. The summed E-state index contributed by atoms with van der Waals surface area (Å²) in [6, 6.07) is 3.95. The third-order valence-corrected chi connectivity index (χ3v) is 4.29. The third kappa shape index (κ3) is 4.21. The van der Waals surface area contributed by atoms with Gasteiger partial charge in [-0.05, 0) is 17.7 Å². The Morgan fingerprint density at radius 2 is 2.07 bits per heavy atom. The maximum absolute atomic E-state index is 13.6. The summed E-state index contributed by atoms with van der Waals surface area (Å²) in [4.78, 5) is 12.1. The topological polar surface area (TPSA) is 68.2 Å². The fraction of sp³-hybridized carbons (Fsp3) is 0.412. The number of carbonyl (C=O) groups is 1. The van der Waals surface area contributed by atoms with Crippen LogP contribution in [0.15, 0.2) is 30.3 Å². The van der Waals surface area contributed by atoms with Crippen LogP contribution in [-0.2, 0) is 4.74 Å². The molecule has 0 saturated carbocycles. The smallest absolute Gasteiger partial charge is 0.383 e. The molecule has 0 radical (unpaired) electrons. The highest BCUT2D eigenvalue weighted by Gasteiger charge is 2.46. The van der Waals surface area contributed by atoms with Gasteiger partial charge in [-0.3, -0.25) is 4.79 Å². The number of alkyl halides is 3. The Morgan fingerprint density at radius 3 is 2.70 bits per heavy atom. The van der Waals surface area contributed by atoms with Crippen LogP contribution >= 0.6 is 0 Å². The van der Waals surface area contributed by atoms with Gasteiger partial charge in [0.15, 0.2) is 11.7 Å². The molecule has 27 heavy (non-hydrogen) atoms. The molecule has 1 aliphatic heterocycles. The molecule has 1 aromatic heterocycles. The summed E-state index contributed by atoms with van der Waals surface area (Å²) in [5.74, 6) is -0.980. The van der Waals surface area contributed by atoms with Crippen LogP contribution < -0.4 is 10.6 Å². The lowest BCUT2D eigenvalue weighted by atomic mass is 9.97. The van der Waals surface area contributed by atoms with Gasteiger partial charge in [0.2, 0.25) is 0 Å². The number of ether oxygens (including phenoxy) is 1. The Morgan fingerprint density at radius 1 is 1.37 bits per heavy atom. The molecule has 0 spiro atoms. The lowest BCUT2D eigenvalue weighted by Crippen LogP contribution is -2.36. The zero-order chi connectivity index (χ0) is 19.6. The standard InChI is InChI=1S/C17H18F4N4O2/c1-27-7-6-22-16(26)13-9-15-23-12(10-2-4-11(18)5-3-10)8-14(17(19,20)21)25(15)24-13/h2-5,9,12,14,23H,6-8H2,1H3,(H,22,26)/t12-,14+/m1/s1. The fourth-order valence-corrected chi connectivity index (χ4v) is 2.96. The Kier molecular flexibility index (Phi) is 5.36. The van der Waals surface area contributed by atoms with E-state index in [0.29, 0.717) is 5.56 Å². The van der Waals surface area contributed by atoms with Gasteiger partial charge in [0.1, 0.15) is 11.6 Å². The Balaban J connectivity index is 1.88. The maximum atomic E-state index is 13.6. The quantitative estimate of drug-likeness (QED) is 0.612. The number of nitrogens with zero attached hydrogens (tertiary/aromatic N) is 2. The molecular weight excluding hydrogens is 368 g/mol. The van der Waals surface area contributed by atoms with E-state index in [1.54, 1.807) is 0 Å². The molecule has 0 unspecified atom stereocenters. The van der Waals surface area contributed by atoms with Gasteiger partial charge in [-0.1, -0.05) is 12.1 Å². The van der Waals surface area contributed by atoms with Gasteiger partial charge in [0.25, 0.3) is 5.91 Å². The number of nitrogens with one attached hydrogen (secondary N) is 2. The molecule has 146 valence electrons. The number of amides is 1. The Hall–Kier alpha value is -2.62. The van der Waals surface area contributed by atoms with Crippen molar-refractivity contribution in [2.24, 2.45) is 0 Å². The highest BCUT2D eigenvalue weighted by molar-refractivity contribution is 5.93. The van der Waals surface area contributed by atoms with Crippen LogP contribution in [-0.4, -0.2) is 42.1 Å². The van der Waals surface area contributed by atoms with E-state index in [1.165, 1.54) is 37.4 Å². The van der Waals surface area contributed by atoms with E-state index in [-0.39, 0.29) is 31.1 Å². The summed E-state index contributed by atoms with van der Waals surface area (Å²) in [7, 11) is 1.47. The van der Waals surface area contributed by atoms with Crippen LogP contribution in [0.25, 0.3) is 0 Å². The SMILES string of the molecule is COCCNC(=O)c1cc2n(n1)[C@H](C(F)(F)F)C[C@H](c1ccc(F)cc1)N2. The van der Waals surface area contributed by atoms with Crippen molar-refractivity contribution < 1.29 is 27.1 Å². The van der Waals surface area contributed by atoms with E-state index < -0.39 is 30.0 Å². The molecule has 2 N–H and O–H groups in total. The average molecular weight is 386 g/mol. The molecule has 0 bridgehead atoms. The minimum Gasteiger partial charge on any atom is -0.383 e. The number of fused-ring (bicyclic) bond motifs is 1. The highest BCUT2D eigenvalue weighted by Crippen LogP contribution is 2.43. The number of methoxy groups -OCH3 is 1. The zero-order valence-electron chi connectivity index (χ0n) is 14.4. The first-order chi connectivity index (χ1) is 12.8. The van der Waals surface area contributed by atoms with Gasteiger partial charge in [0, 0.05) is 26.1 Å². The number of halogens is 4. The summed E-state index contributed by atoms with van der Waals surface area (Å²) in [5, 5.41) is 9.31. The molecule has 10 heteroatoms. The van der Waals surface area contributed by atoms with Crippen LogP contribution in [0.5, 0.6) is 0 Å². The van der Waals surface area contributed by atoms with Crippen LogP contribution in [0.3, 0.4) is 0 Å². The van der Waals surface area contributed by atoms with Gasteiger partial charge in [-0.25, -0.2) is 9.07 Å². The van der Waals surface area contributed by atoms with Gasteiger partial charge < -0.3 is 15.4 Å². The summed E-state index contributed by atoms with van der Waals surface area (Å²) in [6.07, 6.45) is -4.88. The molecule has 0 saturated heterocycles. The van der Waals surface area contributed by atoms with E-state index in [0.717, 1.165) is 4.68 Å². The molecule has 6 nitrogen and oxygen atoms in total. The lowest BCUT2D eigenvalue weighted by Gasteiger charge is -2.33. The fourth-order valence-electron chi connectivity index (χ4n) is 2.96. The molecule has 1 aliphatic rings. The van der Waals surface area contributed by atoms with E-state index in [4.69, 9.17) is 4.74 Å². The number of hydrogen-bond donors (Lipinski definition) is 2. The summed E-state index contributed by atoms with van der Waals surface area (Å²) < 4.78 is 59.4. The lowest BCUT2D eigenvalue weighted by molar-refractivity contribution is -0.173. The van der Waals surface area contributed by atoms with Gasteiger partial charge in [0.05, 0.1) is 12.6 Å². The molecule has 2 aromatic rings. The number of anilines is 1. The van der Waals surface area contributed by atoms with Crippen molar-refractivity contribution in [2.75, 3.05) is 25.6 Å². The average Bonchev–Trinajstić information content (AvgIpc) is 3.05. The largest absolute Gasteiger partial charge is 0.410 e. The molecule has 2 heterocycles. The van der Waals surface area contributed by atoms with Crippen molar-refractivity contribution in [3.8, 4) is 0 Å². The molecule has 1 aromatic carbocycles. The zero-order valence-corrected chi connectivity index (χ0v) is 14.4. The molecular formula is C17H18F4N4O2. The van der Waals surface area contributed by atoms with Crippen LogP contribution in [0, 0.1) is 5.82 Å². The van der Waals surface area contributed by atoms with Crippen molar-refractivity contribution in [2.45, 2.75) is 24.7 Å². The monoisotopic (exact) mass is 386 g/mol. The molecule has 2 atom stereocenters. The number of hydrogen-bond acceptors (Lipinski definition) is 4. The summed E-state index contributed by atoms with van der Waals surface area (Å²) >= 11 is 0. The van der Waals surface area contributed by atoms with Crippen molar-refractivity contribution >= 4 is 11.7 Å². The van der Waals surface area contributed by atoms with Crippen molar-refractivity contribution in [1.82, 2.24) is 15.1 Å². The predicted octanol–water partition coefficient (Wildman–Crippen LogP) is 3.06. The van der Waals surface area contributed by atoms with Crippen molar-refractivity contribution in [3.05, 3.63) is 47.4 Å². The summed E-state index contributed by atoms with van der Waals surface area (Å²) in [6.45, 7) is 0.487. The normalized spacial score (nSPS) is 19.3. The number of aromatic nitrogens is 2. The van der Waals surface area contributed by atoms with Gasteiger partial charge in [-0.2, -0.15) is 18.3 Å². The summed E-state index contributed by atoms with van der Waals surface area (Å²) in [5.41, 5.74) is 0.395. The Bertz CT molecular complexity index is 804.